The van der Waals surface area contributed by atoms with Crippen LogP contribution in [0, 0.1) is 6.20 Å². The molecule has 0 amide bonds. The van der Waals surface area contributed by atoms with E-state index in [1.165, 1.54) is 0 Å². The van der Waals surface area contributed by atoms with E-state index < -0.39 is 5.88 Å². The van der Waals surface area contributed by atoms with Crippen LogP contribution < -0.4 is 4.74 Å². The number of hydrogen-bond acceptors (Lipinski definition) is 4. The van der Waals surface area contributed by atoms with Gasteiger partial charge in [-0.15, -0.1) is 0 Å². The van der Waals surface area contributed by atoms with Crippen LogP contribution in [0.15, 0.2) is 30.3 Å². The first-order valence-corrected chi connectivity index (χ1v) is 5.76. The maximum Gasteiger partial charge on any atom is 0.259 e. The molecule has 0 bridgehead atoms. The molecule has 1 aromatic heterocycles. The SMILES string of the molecule is CCCOc1c(-c2ccccc2)[c]nc(O)c1O. The summed E-state index contributed by atoms with van der Waals surface area (Å²) in [4.78, 5) is 3.62. The minimum absolute atomic E-state index is 0.218. The van der Waals surface area contributed by atoms with E-state index in [0.717, 1.165) is 12.0 Å². The number of nitrogens with zero attached hydrogens (tertiary/aromatic N) is 1. The van der Waals surface area contributed by atoms with Crippen LogP contribution in [0.3, 0.4) is 0 Å². The van der Waals surface area contributed by atoms with Crippen molar-refractivity contribution in [3.63, 3.8) is 0 Å². The first-order chi connectivity index (χ1) is 8.74. The summed E-state index contributed by atoms with van der Waals surface area (Å²) in [6, 6.07) is 9.36. The van der Waals surface area contributed by atoms with Gasteiger partial charge >= 0.3 is 0 Å². The fourth-order valence-corrected chi connectivity index (χ4v) is 1.58. The Labute approximate surface area is 106 Å². The van der Waals surface area contributed by atoms with Crippen LogP contribution in [0.1, 0.15) is 13.3 Å². The number of benzene rings is 1. The van der Waals surface area contributed by atoms with E-state index in [2.05, 4.69) is 11.2 Å². The van der Waals surface area contributed by atoms with Gasteiger partial charge in [-0.1, -0.05) is 37.3 Å². The lowest BCUT2D eigenvalue weighted by molar-refractivity contribution is 0.291. The topological polar surface area (TPSA) is 62.6 Å². The Morgan fingerprint density at radius 2 is 1.94 bits per heavy atom. The van der Waals surface area contributed by atoms with Crippen molar-refractivity contribution in [1.82, 2.24) is 4.98 Å². The fourth-order valence-electron chi connectivity index (χ4n) is 1.58. The molecule has 0 aliphatic heterocycles. The first kappa shape index (κ1) is 12.2. The summed E-state index contributed by atoms with van der Waals surface area (Å²) < 4.78 is 5.47. The highest BCUT2D eigenvalue weighted by atomic mass is 16.5. The quantitative estimate of drug-likeness (QED) is 0.868. The number of hydrogen-bond donors (Lipinski definition) is 2. The van der Waals surface area contributed by atoms with E-state index in [1.807, 2.05) is 37.3 Å². The zero-order valence-electron chi connectivity index (χ0n) is 10.1. The molecule has 1 radical (unpaired) electrons. The maximum absolute atomic E-state index is 9.81. The molecular weight excluding hydrogens is 230 g/mol. The number of rotatable bonds is 4. The Morgan fingerprint density at radius 3 is 2.61 bits per heavy atom. The van der Waals surface area contributed by atoms with E-state index in [-0.39, 0.29) is 11.5 Å². The Morgan fingerprint density at radius 1 is 1.22 bits per heavy atom. The smallest absolute Gasteiger partial charge is 0.259 e. The van der Waals surface area contributed by atoms with Crippen LogP contribution in [-0.4, -0.2) is 21.8 Å². The molecule has 18 heavy (non-hydrogen) atoms. The highest BCUT2D eigenvalue weighted by Gasteiger charge is 2.16. The molecule has 1 aromatic carbocycles. The third kappa shape index (κ3) is 2.37. The maximum atomic E-state index is 9.81. The molecule has 0 unspecified atom stereocenters. The lowest BCUT2D eigenvalue weighted by Gasteiger charge is -2.12. The van der Waals surface area contributed by atoms with Crippen molar-refractivity contribution in [2.24, 2.45) is 0 Å². The molecule has 0 saturated heterocycles. The van der Waals surface area contributed by atoms with Crippen molar-refractivity contribution in [1.29, 1.82) is 0 Å². The zero-order valence-corrected chi connectivity index (χ0v) is 10.1. The van der Waals surface area contributed by atoms with E-state index in [4.69, 9.17) is 4.74 Å². The van der Waals surface area contributed by atoms with E-state index in [1.54, 1.807) is 0 Å². The van der Waals surface area contributed by atoms with Crippen LogP contribution in [0.2, 0.25) is 0 Å². The average molecular weight is 244 g/mol. The van der Waals surface area contributed by atoms with Gasteiger partial charge in [-0.3, -0.25) is 0 Å². The van der Waals surface area contributed by atoms with Gasteiger partial charge in [0.1, 0.15) is 6.20 Å². The summed E-state index contributed by atoms with van der Waals surface area (Å²) in [5, 5.41) is 19.2. The molecule has 1 heterocycles. The number of ether oxygens (including phenoxy) is 1. The van der Waals surface area contributed by atoms with Gasteiger partial charge < -0.3 is 14.9 Å². The van der Waals surface area contributed by atoms with Gasteiger partial charge in [0.05, 0.1) is 12.2 Å². The Balaban J connectivity index is 2.50. The lowest BCUT2D eigenvalue weighted by atomic mass is 10.1. The molecule has 2 rings (SSSR count). The van der Waals surface area contributed by atoms with Gasteiger partial charge in [-0.05, 0) is 12.0 Å². The van der Waals surface area contributed by atoms with Gasteiger partial charge in [-0.2, -0.15) is 0 Å². The van der Waals surface area contributed by atoms with Gasteiger partial charge in [0, 0.05) is 0 Å². The number of aromatic nitrogens is 1. The molecule has 0 aliphatic rings. The van der Waals surface area contributed by atoms with Crippen molar-refractivity contribution in [2.45, 2.75) is 13.3 Å². The van der Waals surface area contributed by atoms with Crippen LogP contribution in [0.25, 0.3) is 11.1 Å². The van der Waals surface area contributed by atoms with Crippen LogP contribution in [0.5, 0.6) is 17.4 Å². The lowest BCUT2D eigenvalue weighted by Crippen LogP contribution is -1.98. The summed E-state index contributed by atoms with van der Waals surface area (Å²) >= 11 is 0. The molecule has 0 aliphatic carbocycles. The van der Waals surface area contributed by atoms with Crippen molar-refractivity contribution in [3.8, 4) is 28.5 Å². The van der Waals surface area contributed by atoms with Crippen LogP contribution >= 0.6 is 0 Å². The van der Waals surface area contributed by atoms with E-state index >= 15 is 0 Å². The molecule has 4 heteroatoms. The molecule has 0 atom stereocenters. The normalized spacial score (nSPS) is 10.3. The van der Waals surface area contributed by atoms with Gasteiger partial charge in [-0.25, -0.2) is 4.98 Å². The first-order valence-electron chi connectivity index (χ1n) is 5.76. The van der Waals surface area contributed by atoms with Crippen molar-refractivity contribution < 1.29 is 14.9 Å². The predicted molar refractivity (Wildman–Crippen MR) is 67.6 cm³/mol. The predicted octanol–water partition coefficient (Wildman–Crippen LogP) is 2.75. The van der Waals surface area contributed by atoms with Crippen LogP contribution in [0.4, 0.5) is 0 Å². The second kappa shape index (κ2) is 5.40. The molecule has 93 valence electrons. The third-order valence-corrected chi connectivity index (χ3v) is 2.44. The number of pyridine rings is 1. The number of aromatic hydroxyl groups is 2. The second-order valence-corrected chi connectivity index (χ2v) is 3.81. The van der Waals surface area contributed by atoms with Crippen molar-refractivity contribution in [3.05, 3.63) is 36.5 Å². The van der Waals surface area contributed by atoms with E-state index in [0.29, 0.717) is 12.2 Å². The third-order valence-electron chi connectivity index (χ3n) is 2.44. The summed E-state index contributed by atoms with van der Waals surface area (Å²) in [5.41, 5.74) is 1.37. The highest BCUT2D eigenvalue weighted by Crippen LogP contribution is 2.41. The van der Waals surface area contributed by atoms with Crippen molar-refractivity contribution in [2.75, 3.05) is 6.61 Å². The fraction of sp³-hybridized carbons (Fsp3) is 0.214. The Kier molecular flexibility index (Phi) is 3.67. The van der Waals surface area contributed by atoms with E-state index in [9.17, 15) is 10.2 Å². The Bertz CT molecular complexity index is 526. The second-order valence-electron chi connectivity index (χ2n) is 3.81. The molecule has 2 N–H and O–H groups in total. The van der Waals surface area contributed by atoms with Gasteiger partial charge in [0.2, 0.25) is 5.75 Å². The molecule has 0 saturated carbocycles. The summed E-state index contributed by atoms with van der Waals surface area (Å²) in [5.74, 6) is -0.600. The molecule has 0 fully saturated rings. The summed E-state index contributed by atoms with van der Waals surface area (Å²) in [6.45, 7) is 2.41. The average Bonchev–Trinajstić information content (AvgIpc) is 2.41. The van der Waals surface area contributed by atoms with Gasteiger partial charge in [0.15, 0.2) is 5.75 Å². The summed E-state index contributed by atoms with van der Waals surface area (Å²) in [7, 11) is 0. The van der Waals surface area contributed by atoms with Crippen molar-refractivity contribution >= 4 is 0 Å². The highest BCUT2D eigenvalue weighted by molar-refractivity contribution is 5.73. The minimum Gasteiger partial charge on any atom is -0.501 e. The Hall–Kier alpha value is -2.23. The zero-order chi connectivity index (χ0) is 13.0. The minimum atomic E-state index is -0.471. The largest absolute Gasteiger partial charge is 0.501 e. The molecule has 2 aromatic rings. The molecular formula is C14H14NO3. The molecule has 4 nitrogen and oxygen atoms in total. The van der Waals surface area contributed by atoms with Crippen LogP contribution in [-0.2, 0) is 0 Å². The standard InChI is InChI=1S/C14H14NO3/c1-2-8-18-13-11(9-15-14(17)12(13)16)10-6-4-3-5-7-10/h3-7,16H,2,8H2,1H3,(H,15,17). The monoisotopic (exact) mass is 244 g/mol. The summed E-state index contributed by atoms with van der Waals surface area (Å²) in [6.07, 6.45) is 3.49. The van der Waals surface area contributed by atoms with Gasteiger partial charge in [0.25, 0.3) is 5.88 Å². The molecule has 0 spiro atoms.